The van der Waals surface area contributed by atoms with Crippen LogP contribution in [0.5, 0.6) is 0 Å². The lowest BCUT2D eigenvalue weighted by Crippen LogP contribution is -2.36. The van der Waals surface area contributed by atoms with E-state index in [0.717, 1.165) is 0 Å². The quantitative estimate of drug-likeness (QED) is 0.775. The zero-order chi connectivity index (χ0) is 15.1. The maximum absolute atomic E-state index is 12.2. The van der Waals surface area contributed by atoms with Crippen molar-refractivity contribution in [3.63, 3.8) is 0 Å². The van der Waals surface area contributed by atoms with Gasteiger partial charge in [0.1, 0.15) is 6.54 Å². The number of aliphatic carboxylic acids is 1. The predicted molar refractivity (Wildman–Crippen MR) is 74.9 cm³/mol. The summed E-state index contributed by atoms with van der Waals surface area (Å²) in [6.45, 7) is 3.73. The lowest BCUT2D eigenvalue weighted by Gasteiger charge is -2.20. The molecule has 1 aromatic rings. The van der Waals surface area contributed by atoms with Crippen LogP contribution < -0.4 is 0 Å². The third-order valence-corrected chi connectivity index (χ3v) is 2.88. The molecular weight excluding hydrogens is 258 g/mol. The molecule has 1 aromatic carbocycles. The van der Waals surface area contributed by atoms with Gasteiger partial charge in [-0.3, -0.25) is 14.4 Å². The Kier molecular flexibility index (Phi) is 5.90. The summed E-state index contributed by atoms with van der Waals surface area (Å²) in [5.74, 6) is -1.35. The van der Waals surface area contributed by atoms with Crippen molar-refractivity contribution in [2.75, 3.05) is 13.1 Å². The van der Waals surface area contributed by atoms with E-state index in [9.17, 15) is 14.4 Å². The maximum atomic E-state index is 12.2. The number of rotatable bonds is 7. The van der Waals surface area contributed by atoms with Gasteiger partial charge in [-0.15, -0.1) is 0 Å². The van der Waals surface area contributed by atoms with E-state index in [0.29, 0.717) is 30.5 Å². The molecule has 5 nitrogen and oxygen atoms in total. The van der Waals surface area contributed by atoms with Gasteiger partial charge in [-0.05, 0) is 18.6 Å². The van der Waals surface area contributed by atoms with Gasteiger partial charge in [-0.25, -0.2) is 0 Å². The molecule has 108 valence electrons. The Balaban J connectivity index is 2.88. The lowest BCUT2D eigenvalue weighted by molar-refractivity contribution is -0.137. The van der Waals surface area contributed by atoms with Gasteiger partial charge >= 0.3 is 5.97 Å². The van der Waals surface area contributed by atoms with E-state index in [1.54, 1.807) is 31.2 Å². The Labute approximate surface area is 118 Å². The molecule has 0 aliphatic heterocycles. The van der Waals surface area contributed by atoms with E-state index in [2.05, 4.69) is 0 Å². The van der Waals surface area contributed by atoms with Crippen molar-refractivity contribution in [3.05, 3.63) is 35.4 Å². The molecule has 0 radical (unpaired) electrons. The summed E-state index contributed by atoms with van der Waals surface area (Å²) in [6.07, 6.45) is 1.10. The van der Waals surface area contributed by atoms with E-state index in [-0.39, 0.29) is 18.2 Å². The Hall–Kier alpha value is -2.17. The molecule has 0 spiro atoms. The number of carbonyl (C=O) groups is 3. The number of amides is 1. The van der Waals surface area contributed by atoms with E-state index in [1.165, 1.54) is 4.90 Å². The second kappa shape index (κ2) is 7.43. The van der Waals surface area contributed by atoms with Gasteiger partial charge in [0, 0.05) is 24.1 Å². The molecule has 20 heavy (non-hydrogen) atoms. The first kappa shape index (κ1) is 15.9. The first-order valence-electron chi connectivity index (χ1n) is 6.63. The summed E-state index contributed by atoms with van der Waals surface area (Å²) < 4.78 is 0. The molecular formula is C15H19NO4. The molecule has 0 aliphatic carbocycles. The van der Waals surface area contributed by atoms with Crippen LogP contribution in [0.15, 0.2) is 24.3 Å². The number of nitrogens with zero attached hydrogens (tertiary/aromatic N) is 1. The number of ketones is 1. The number of carbonyl (C=O) groups excluding carboxylic acids is 2. The van der Waals surface area contributed by atoms with Gasteiger partial charge in [-0.2, -0.15) is 0 Å². The van der Waals surface area contributed by atoms with E-state index in [1.807, 2.05) is 6.92 Å². The van der Waals surface area contributed by atoms with Gasteiger partial charge in [0.05, 0.1) is 0 Å². The Morgan fingerprint density at radius 3 is 2.05 bits per heavy atom. The standard InChI is InChI=1S/C15H19NO4/c1-3-9-16(10-14(18)19)15(20)12-7-5-11(6-8-12)13(17)4-2/h5-8H,3-4,9-10H2,1-2H3,(H,18,19). The van der Waals surface area contributed by atoms with Gasteiger partial charge < -0.3 is 10.0 Å². The minimum Gasteiger partial charge on any atom is -0.480 e. The second-order valence-electron chi connectivity index (χ2n) is 4.47. The molecule has 0 bridgehead atoms. The van der Waals surface area contributed by atoms with Crippen LogP contribution in [-0.2, 0) is 4.79 Å². The van der Waals surface area contributed by atoms with E-state index in [4.69, 9.17) is 5.11 Å². The number of benzene rings is 1. The first-order chi connectivity index (χ1) is 9.49. The summed E-state index contributed by atoms with van der Waals surface area (Å²) in [4.78, 5) is 35.8. The SMILES string of the molecule is CCCN(CC(=O)O)C(=O)c1ccc(C(=O)CC)cc1. The molecule has 1 N–H and O–H groups in total. The number of Topliss-reactive ketones (excluding diaryl/α,β-unsaturated/α-hetero) is 1. The van der Waals surface area contributed by atoms with Crippen LogP contribution in [0.3, 0.4) is 0 Å². The molecule has 1 rings (SSSR count). The normalized spacial score (nSPS) is 10.1. The number of hydrogen-bond donors (Lipinski definition) is 1. The molecule has 0 fully saturated rings. The number of carboxylic acid groups (broad SMARTS) is 1. The minimum absolute atomic E-state index is 0.0138. The summed E-state index contributed by atoms with van der Waals surface area (Å²) in [5, 5.41) is 8.82. The molecule has 0 atom stereocenters. The fourth-order valence-electron chi connectivity index (χ4n) is 1.87. The Bertz CT molecular complexity index is 493. The summed E-state index contributed by atoms with van der Waals surface area (Å²) in [5.41, 5.74) is 0.955. The molecule has 1 amide bonds. The van der Waals surface area contributed by atoms with E-state index >= 15 is 0 Å². The van der Waals surface area contributed by atoms with Crippen molar-refractivity contribution >= 4 is 17.7 Å². The number of hydrogen-bond acceptors (Lipinski definition) is 3. The highest BCUT2D eigenvalue weighted by Crippen LogP contribution is 2.10. The lowest BCUT2D eigenvalue weighted by atomic mass is 10.1. The van der Waals surface area contributed by atoms with Gasteiger partial charge in [0.2, 0.25) is 0 Å². The smallest absolute Gasteiger partial charge is 0.323 e. The second-order valence-corrected chi connectivity index (χ2v) is 4.47. The zero-order valence-corrected chi connectivity index (χ0v) is 11.8. The average molecular weight is 277 g/mol. The summed E-state index contributed by atoms with van der Waals surface area (Å²) in [6, 6.07) is 6.33. The highest BCUT2D eigenvalue weighted by molar-refractivity contribution is 5.99. The minimum atomic E-state index is -1.04. The van der Waals surface area contributed by atoms with Gasteiger partial charge in [0.15, 0.2) is 5.78 Å². The van der Waals surface area contributed by atoms with Gasteiger partial charge in [-0.1, -0.05) is 26.0 Å². The molecule has 0 heterocycles. The van der Waals surface area contributed by atoms with Crippen molar-refractivity contribution in [2.24, 2.45) is 0 Å². The van der Waals surface area contributed by atoms with Gasteiger partial charge in [0.25, 0.3) is 5.91 Å². The fraction of sp³-hybridized carbons (Fsp3) is 0.400. The molecule has 0 aromatic heterocycles. The topological polar surface area (TPSA) is 74.7 Å². The number of carboxylic acids is 1. The van der Waals surface area contributed by atoms with Crippen LogP contribution in [0, 0.1) is 0 Å². The van der Waals surface area contributed by atoms with Crippen molar-refractivity contribution in [2.45, 2.75) is 26.7 Å². The average Bonchev–Trinajstić information content (AvgIpc) is 2.45. The molecule has 0 saturated carbocycles. The van der Waals surface area contributed by atoms with Crippen molar-refractivity contribution in [1.29, 1.82) is 0 Å². The highest BCUT2D eigenvalue weighted by Gasteiger charge is 2.17. The third kappa shape index (κ3) is 4.19. The molecule has 0 aliphatic rings. The Morgan fingerprint density at radius 1 is 1.05 bits per heavy atom. The zero-order valence-electron chi connectivity index (χ0n) is 11.8. The first-order valence-corrected chi connectivity index (χ1v) is 6.63. The fourth-order valence-corrected chi connectivity index (χ4v) is 1.87. The van der Waals surface area contributed by atoms with Crippen LogP contribution in [0.25, 0.3) is 0 Å². The summed E-state index contributed by atoms with van der Waals surface area (Å²) >= 11 is 0. The third-order valence-electron chi connectivity index (χ3n) is 2.88. The largest absolute Gasteiger partial charge is 0.480 e. The van der Waals surface area contributed by atoms with Crippen LogP contribution in [0.1, 0.15) is 47.4 Å². The predicted octanol–water partition coefficient (Wildman–Crippen LogP) is 2.22. The Morgan fingerprint density at radius 2 is 1.60 bits per heavy atom. The van der Waals surface area contributed by atoms with Crippen molar-refractivity contribution < 1.29 is 19.5 Å². The van der Waals surface area contributed by atoms with E-state index < -0.39 is 5.97 Å². The molecule has 5 heteroatoms. The van der Waals surface area contributed by atoms with Crippen molar-refractivity contribution in [1.82, 2.24) is 4.90 Å². The van der Waals surface area contributed by atoms with Crippen molar-refractivity contribution in [3.8, 4) is 0 Å². The summed E-state index contributed by atoms with van der Waals surface area (Å²) in [7, 11) is 0. The molecule has 0 saturated heterocycles. The highest BCUT2D eigenvalue weighted by atomic mass is 16.4. The van der Waals surface area contributed by atoms with Crippen LogP contribution in [-0.4, -0.2) is 40.8 Å². The van der Waals surface area contributed by atoms with Crippen LogP contribution >= 0.6 is 0 Å². The maximum Gasteiger partial charge on any atom is 0.323 e. The molecule has 0 unspecified atom stereocenters. The van der Waals surface area contributed by atoms with Crippen LogP contribution in [0.4, 0.5) is 0 Å². The monoisotopic (exact) mass is 277 g/mol. The van der Waals surface area contributed by atoms with Crippen LogP contribution in [0.2, 0.25) is 0 Å².